The predicted octanol–water partition coefficient (Wildman–Crippen LogP) is 3.22. The number of aromatic nitrogens is 1. The van der Waals surface area contributed by atoms with Gasteiger partial charge in [0, 0.05) is 5.56 Å². The Morgan fingerprint density at radius 3 is 2.18 bits per heavy atom. The maximum atomic E-state index is 11.0. The van der Waals surface area contributed by atoms with Gasteiger partial charge in [0.15, 0.2) is 11.5 Å². The number of hydrogen-bond donors (Lipinski definition) is 3. The van der Waals surface area contributed by atoms with E-state index in [1.165, 1.54) is 18.2 Å². The van der Waals surface area contributed by atoms with Gasteiger partial charge in [0.05, 0.1) is 11.8 Å². The summed E-state index contributed by atoms with van der Waals surface area (Å²) in [4.78, 5) is 11.0. The molecule has 0 aliphatic heterocycles. The van der Waals surface area contributed by atoms with Gasteiger partial charge in [-0.05, 0) is 23.3 Å². The molecule has 0 fully saturated rings. The Morgan fingerprint density at radius 1 is 0.864 bits per heavy atom. The topological polar surface area (TPSA) is 86.5 Å². The summed E-state index contributed by atoms with van der Waals surface area (Å²) in [6.07, 6.45) is 3.71. The van der Waals surface area contributed by atoms with Gasteiger partial charge >= 0.3 is 5.63 Å². The monoisotopic (exact) mass is 295 g/mol. The van der Waals surface area contributed by atoms with Crippen molar-refractivity contribution in [1.82, 2.24) is 5.16 Å². The van der Waals surface area contributed by atoms with Gasteiger partial charge < -0.3 is 14.7 Å². The van der Waals surface area contributed by atoms with Crippen LogP contribution in [0.2, 0.25) is 0 Å². The number of nitrogens with one attached hydrogen (secondary N) is 1. The van der Waals surface area contributed by atoms with Crippen LogP contribution in [0.1, 0.15) is 11.1 Å². The van der Waals surface area contributed by atoms with Crippen molar-refractivity contribution in [1.29, 1.82) is 0 Å². The molecule has 0 radical (unpaired) electrons. The molecule has 0 spiro atoms. The molecule has 0 saturated carbocycles. The maximum Gasteiger partial charge on any atom is 0.357 e. The second kappa shape index (κ2) is 5.65. The highest BCUT2D eigenvalue weighted by atomic mass is 16.5. The van der Waals surface area contributed by atoms with E-state index in [1.54, 1.807) is 6.07 Å². The van der Waals surface area contributed by atoms with Gasteiger partial charge in [0.2, 0.25) is 0 Å². The fraction of sp³-hybridized carbons (Fsp3) is 0. The number of hydrogen-bond acceptors (Lipinski definition) is 4. The van der Waals surface area contributed by atoms with Crippen LogP contribution >= 0.6 is 0 Å². The first-order valence-electron chi connectivity index (χ1n) is 6.61. The molecule has 0 unspecified atom stereocenters. The van der Waals surface area contributed by atoms with Crippen molar-refractivity contribution in [3.8, 4) is 22.8 Å². The number of aromatic hydroxyl groups is 2. The fourth-order valence-electron chi connectivity index (χ4n) is 2.03. The first-order valence-corrected chi connectivity index (χ1v) is 6.61. The summed E-state index contributed by atoms with van der Waals surface area (Å²) in [6, 6.07) is 13.6. The number of phenolic OH excluding ortho intramolecular Hbond substituents is 2. The highest BCUT2D eigenvalue weighted by Crippen LogP contribution is 2.26. The molecule has 0 amide bonds. The lowest BCUT2D eigenvalue weighted by atomic mass is 10.1. The Hall–Kier alpha value is -3.21. The Balaban J connectivity index is 1.79. The maximum absolute atomic E-state index is 11.0. The first-order chi connectivity index (χ1) is 10.6. The van der Waals surface area contributed by atoms with Crippen LogP contribution in [0.4, 0.5) is 0 Å². The molecule has 0 atom stereocenters. The van der Waals surface area contributed by atoms with E-state index in [-0.39, 0.29) is 11.5 Å². The van der Waals surface area contributed by atoms with Crippen molar-refractivity contribution in [2.45, 2.75) is 0 Å². The molecule has 3 rings (SSSR count). The molecule has 110 valence electrons. The minimum absolute atomic E-state index is 0.143. The van der Waals surface area contributed by atoms with Crippen molar-refractivity contribution in [3.63, 3.8) is 0 Å². The van der Waals surface area contributed by atoms with Crippen molar-refractivity contribution < 1.29 is 14.7 Å². The Morgan fingerprint density at radius 2 is 1.55 bits per heavy atom. The quantitative estimate of drug-likeness (QED) is 0.511. The summed E-state index contributed by atoms with van der Waals surface area (Å²) < 4.78 is 4.64. The predicted molar refractivity (Wildman–Crippen MR) is 83.5 cm³/mol. The summed E-state index contributed by atoms with van der Waals surface area (Å²) in [5.74, 6) is -0.294. The van der Waals surface area contributed by atoms with E-state index in [4.69, 9.17) is 0 Å². The van der Waals surface area contributed by atoms with E-state index in [2.05, 4.69) is 9.68 Å². The first kappa shape index (κ1) is 13.8. The summed E-state index contributed by atoms with van der Waals surface area (Å²) in [5, 5.41) is 21.3. The van der Waals surface area contributed by atoms with E-state index >= 15 is 0 Å². The van der Waals surface area contributed by atoms with Crippen LogP contribution < -0.4 is 5.63 Å². The average molecular weight is 295 g/mol. The Labute approximate surface area is 125 Å². The molecule has 0 aliphatic carbocycles. The number of rotatable bonds is 3. The van der Waals surface area contributed by atoms with Gasteiger partial charge in [-0.3, -0.25) is 0 Å². The molecule has 5 heteroatoms. The minimum Gasteiger partial charge on any atom is -0.504 e. The summed E-state index contributed by atoms with van der Waals surface area (Å²) in [6.45, 7) is 0. The van der Waals surface area contributed by atoms with Crippen LogP contribution in [0, 0.1) is 0 Å². The smallest absolute Gasteiger partial charge is 0.357 e. The number of aromatic amines is 1. The molecular formula is C17H13NO4. The third kappa shape index (κ3) is 2.93. The van der Waals surface area contributed by atoms with Crippen LogP contribution in [0.25, 0.3) is 23.4 Å². The molecule has 2 aromatic carbocycles. The lowest BCUT2D eigenvalue weighted by Gasteiger charge is -2.00. The van der Waals surface area contributed by atoms with Crippen LogP contribution in [-0.2, 0) is 0 Å². The zero-order chi connectivity index (χ0) is 15.5. The standard InChI is InChI=1S/C17H13NO4/c19-15-8-5-12(9-16(15)20)2-1-11-3-6-13(7-4-11)14-10-17(21)22-18-14/h1-10,18-20H. The van der Waals surface area contributed by atoms with Gasteiger partial charge in [-0.1, -0.05) is 42.5 Å². The third-order valence-corrected chi connectivity index (χ3v) is 3.21. The zero-order valence-corrected chi connectivity index (χ0v) is 11.5. The zero-order valence-electron chi connectivity index (χ0n) is 11.5. The summed E-state index contributed by atoms with van der Waals surface area (Å²) >= 11 is 0. The van der Waals surface area contributed by atoms with E-state index in [9.17, 15) is 15.0 Å². The highest BCUT2D eigenvalue weighted by molar-refractivity contribution is 5.72. The molecular weight excluding hydrogens is 282 g/mol. The van der Waals surface area contributed by atoms with Gasteiger partial charge in [-0.2, -0.15) is 0 Å². The van der Waals surface area contributed by atoms with Gasteiger partial charge in [0.1, 0.15) is 0 Å². The number of phenols is 2. The minimum atomic E-state index is -0.411. The van der Waals surface area contributed by atoms with E-state index in [0.717, 1.165) is 16.7 Å². The van der Waals surface area contributed by atoms with Crippen LogP contribution in [0.5, 0.6) is 11.5 Å². The highest BCUT2D eigenvalue weighted by Gasteiger charge is 2.01. The number of benzene rings is 2. The molecule has 0 saturated heterocycles. The molecule has 0 bridgehead atoms. The molecule has 22 heavy (non-hydrogen) atoms. The van der Waals surface area contributed by atoms with Crippen LogP contribution in [-0.4, -0.2) is 15.4 Å². The molecule has 1 aromatic heterocycles. The second-order valence-corrected chi connectivity index (χ2v) is 4.78. The molecule has 1 heterocycles. The van der Waals surface area contributed by atoms with Gasteiger partial charge in [0.25, 0.3) is 0 Å². The second-order valence-electron chi connectivity index (χ2n) is 4.78. The molecule has 3 aromatic rings. The van der Waals surface area contributed by atoms with Crippen molar-refractivity contribution in [2.75, 3.05) is 0 Å². The van der Waals surface area contributed by atoms with Gasteiger partial charge in [-0.15, -0.1) is 0 Å². The molecule has 5 nitrogen and oxygen atoms in total. The lowest BCUT2D eigenvalue weighted by molar-refractivity contribution is 0.394. The fourth-order valence-corrected chi connectivity index (χ4v) is 2.03. The number of H-pyrrole nitrogens is 1. The van der Waals surface area contributed by atoms with Crippen molar-refractivity contribution in [3.05, 3.63) is 70.1 Å². The summed E-state index contributed by atoms with van der Waals surface area (Å²) in [7, 11) is 0. The van der Waals surface area contributed by atoms with E-state index in [1.807, 2.05) is 36.4 Å². The average Bonchev–Trinajstić information content (AvgIpc) is 2.95. The largest absolute Gasteiger partial charge is 0.504 e. The normalized spacial score (nSPS) is 11.1. The van der Waals surface area contributed by atoms with Crippen LogP contribution in [0.3, 0.4) is 0 Å². The Kier molecular flexibility index (Phi) is 3.53. The molecule has 0 aliphatic rings. The Bertz CT molecular complexity index is 872. The lowest BCUT2D eigenvalue weighted by Crippen LogP contribution is -1.85. The molecule has 3 N–H and O–H groups in total. The third-order valence-electron chi connectivity index (χ3n) is 3.21. The van der Waals surface area contributed by atoms with Gasteiger partial charge in [-0.25, -0.2) is 9.95 Å². The SMILES string of the molecule is O=c1cc(-c2ccc(C=Cc3ccc(O)c(O)c3)cc2)[nH]o1. The van der Waals surface area contributed by atoms with E-state index < -0.39 is 5.63 Å². The summed E-state index contributed by atoms with van der Waals surface area (Å²) in [5.41, 5.74) is 2.81. The van der Waals surface area contributed by atoms with Crippen LogP contribution in [0.15, 0.2) is 57.8 Å². The van der Waals surface area contributed by atoms with Crippen molar-refractivity contribution >= 4 is 12.2 Å². The van der Waals surface area contributed by atoms with E-state index in [0.29, 0.717) is 5.69 Å². The van der Waals surface area contributed by atoms with Crippen molar-refractivity contribution in [2.24, 2.45) is 0 Å².